The van der Waals surface area contributed by atoms with E-state index in [0.29, 0.717) is 5.92 Å². The summed E-state index contributed by atoms with van der Waals surface area (Å²) in [5.41, 5.74) is 0.496. The maximum absolute atomic E-state index is 12.7. The van der Waals surface area contributed by atoms with Gasteiger partial charge in [0.05, 0.1) is 12.1 Å². The molecule has 0 radical (unpaired) electrons. The molecule has 0 spiro atoms. The van der Waals surface area contributed by atoms with Crippen LogP contribution >= 0.6 is 0 Å². The third-order valence-corrected chi connectivity index (χ3v) is 5.63. The largest absolute Gasteiger partial charge is 0.336 e. The molecule has 24 heavy (non-hydrogen) atoms. The third kappa shape index (κ3) is 3.62. The number of nitrogens with zero attached hydrogens (tertiary/aromatic N) is 3. The molecule has 1 aliphatic heterocycles. The molecule has 6 heteroatoms. The van der Waals surface area contributed by atoms with E-state index >= 15 is 0 Å². The quantitative estimate of drug-likeness (QED) is 0.888. The van der Waals surface area contributed by atoms with Crippen LogP contribution in [0.5, 0.6) is 0 Å². The molecular weight excluding hydrogens is 302 g/mol. The molecule has 130 valence electrons. The van der Waals surface area contributed by atoms with Crippen LogP contribution in [0.3, 0.4) is 0 Å². The third-order valence-electron chi connectivity index (χ3n) is 5.63. The first kappa shape index (κ1) is 17.0. The van der Waals surface area contributed by atoms with E-state index in [2.05, 4.69) is 26.5 Å². The second kappa shape index (κ2) is 7.35. The molecule has 6 nitrogen and oxygen atoms in total. The number of amides is 1. The molecule has 1 aromatic rings. The molecule has 1 saturated carbocycles. The Bertz CT molecular complexity index is 585. The number of carbonyl (C=O) groups excluding carboxylic acids is 1. The summed E-state index contributed by atoms with van der Waals surface area (Å²) in [7, 11) is 0. The van der Waals surface area contributed by atoms with Crippen molar-refractivity contribution in [1.29, 1.82) is 5.26 Å². The first-order valence-electron chi connectivity index (χ1n) is 9.10. The zero-order chi connectivity index (χ0) is 17.0. The number of nitrogens with one attached hydrogen (secondary N) is 2. The minimum atomic E-state index is -0.651. The van der Waals surface area contributed by atoms with Gasteiger partial charge in [-0.15, -0.1) is 0 Å². The van der Waals surface area contributed by atoms with Gasteiger partial charge in [-0.1, -0.05) is 19.3 Å². The van der Waals surface area contributed by atoms with Crippen LogP contribution in [0, 0.1) is 11.3 Å². The van der Waals surface area contributed by atoms with Gasteiger partial charge in [-0.05, 0) is 45.2 Å². The van der Waals surface area contributed by atoms with Crippen molar-refractivity contribution >= 4 is 5.91 Å². The minimum absolute atomic E-state index is 0.0105. The van der Waals surface area contributed by atoms with Gasteiger partial charge < -0.3 is 5.32 Å². The zero-order valence-electron chi connectivity index (χ0n) is 14.4. The lowest BCUT2D eigenvalue weighted by Crippen LogP contribution is -2.56. The van der Waals surface area contributed by atoms with E-state index in [-0.39, 0.29) is 11.9 Å². The smallest absolute Gasteiger partial charge is 0.238 e. The fraction of sp³-hybridized carbons (Fsp3) is 0.722. The lowest BCUT2D eigenvalue weighted by molar-refractivity contribution is -0.128. The molecule has 2 aliphatic rings. The fourth-order valence-electron chi connectivity index (χ4n) is 4.03. The summed E-state index contributed by atoms with van der Waals surface area (Å²) in [6, 6.07) is 4.19. The van der Waals surface area contributed by atoms with Crippen molar-refractivity contribution in [2.24, 2.45) is 0 Å². The van der Waals surface area contributed by atoms with Crippen molar-refractivity contribution < 1.29 is 4.79 Å². The van der Waals surface area contributed by atoms with Gasteiger partial charge >= 0.3 is 0 Å². The highest BCUT2D eigenvalue weighted by Gasteiger charge is 2.36. The van der Waals surface area contributed by atoms with Gasteiger partial charge in [0.1, 0.15) is 5.54 Å². The van der Waals surface area contributed by atoms with Gasteiger partial charge in [-0.25, -0.2) is 0 Å². The number of carbonyl (C=O) groups is 1. The number of H-pyrrole nitrogens is 1. The Balaban J connectivity index is 1.61. The van der Waals surface area contributed by atoms with Gasteiger partial charge in [0.25, 0.3) is 0 Å². The molecule has 2 atom stereocenters. The number of rotatable bonds is 4. The second-order valence-electron chi connectivity index (χ2n) is 7.27. The number of nitriles is 1. The summed E-state index contributed by atoms with van der Waals surface area (Å²) in [6.45, 7) is 3.74. The van der Waals surface area contributed by atoms with E-state index in [9.17, 15) is 10.1 Å². The normalized spacial score (nSPS) is 25.6. The Morgan fingerprint density at radius 1 is 1.46 bits per heavy atom. The monoisotopic (exact) mass is 329 g/mol. The summed E-state index contributed by atoms with van der Waals surface area (Å²) < 4.78 is 0. The number of likely N-dealkylation sites (tertiary alicyclic amines) is 1. The van der Waals surface area contributed by atoms with Crippen molar-refractivity contribution in [2.45, 2.75) is 69.4 Å². The first-order valence-corrected chi connectivity index (χ1v) is 9.10. The van der Waals surface area contributed by atoms with Crippen LogP contribution in [0.1, 0.15) is 63.5 Å². The van der Waals surface area contributed by atoms with Crippen LogP contribution in [0.25, 0.3) is 0 Å². The summed E-state index contributed by atoms with van der Waals surface area (Å²) in [4.78, 5) is 15.0. The lowest BCUT2D eigenvalue weighted by Gasteiger charge is -2.38. The number of aromatic nitrogens is 2. The maximum atomic E-state index is 12.7. The second-order valence-corrected chi connectivity index (χ2v) is 7.27. The summed E-state index contributed by atoms with van der Waals surface area (Å²) in [6.07, 6.45) is 8.73. The number of hydrogen-bond donors (Lipinski definition) is 2. The highest BCUT2D eigenvalue weighted by atomic mass is 16.2. The SMILES string of the molecule is C[C@@H](C(=O)NC1(C#N)CCCCC1)N1CCC[C@@H](c2ccn[nH]2)C1. The molecule has 2 N–H and O–H groups in total. The molecule has 0 aromatic carbocycles. The van der Waals surface area contributed by atoms with Crippen molar-refractivity contribution in [3.8, 4) is 6.07 Å². The standard InChI is InChI=1S/C18H27N5O/c1-14(17(24)21-18(13-19)8-3-2-4-9-18)23-11-5-6-15(12-23)16-7-10-20-22-16/h7,10,14-15H,2-6,8-9,11-12H2,1H3,(H,20,22)(H,21,24)/t14-,15+/m0/s1. The van der Waals surface area contributed by atoms with Crippen molar-refractivity contribution in [3.63, 3.8) is 0 Å². The summed E-state index contributed by atoms with van der Waals surface area (Å²) in [5, 5.41) is 19.7. The fourth-order valence-corrected chi connectivity index (χ4v) is 4.03. The van der Waals surface area contributed by atoms with Crippen LogP contribution in [-0.2, 0) is 4.79 Å². The molecule has 1 saturated heterocycles. The zero-order valence-corrected chi connectivity index (χ0v) is 14.4. The maximum Gasteiger partial charge on any atom is 0.238 e. The van der Waals surface area contributed by atoms with E-state index < -0.39 is 5.54 Å². The Morgan fingerprint density at radius 2 is 2.25 bits per heavy atom. The highest BCUT2D eigenvalue weighted by molar-refractivity contribution is 5.82. The predicted molar refractivity (Wildman–Crippen MR) is 91.2 cm³/mol. The molecule has 3 rings (SSSR count). The number of piperidine rings is 1. The molecule has 2 fully saturated rings. The highest BCUT2D eigenvalue weighted by Crippen LogP contribution is 2.29. The average Bonchev–Trinajstić information content (AvgIpc) is 3.16. The van der Waals surface area contributed by atoms with E-state index in [1.807, 2.05) is 13.0 Å². The summed E-state index contributed by atoms with van der Waals surface area (Å²) >= 11 is 0. The van der Waals surface area contributed by atoms with E-state index in [0.717, 1.165) is 63.7 Å². The lowest BCUT2D eigenvalue weighted by atomic mass is 9.82. The number of hydrogen-bond acceptors (Lipinski definition) is 4. The van der Waals surface area contributed by atoms with Crippen LogP contribution in [0.15, 0.2) is 12.3 Å². The van der Waals surface area contributed by atoms with Crippen LogP contribution < -0.4 is 5.32 Å². The summed E-state index contributed by atoms with van der Waals surface area (Å²) in [5.74, 6) is 0.389. The Hall–Kier alpha value is -1.87. The van der Waals surface area contributed by atoms with Gasteiger partial charge in [-0.2, -0.15) is 10.4 Å². The van der Waals surface area contributed by atoms with Gasteiger partial charge in [0, 0.05) is 24.4 Å². The first-order chi connectivity index (χ1) is 11.6. The Labute approximate surface area is 143 Å². The van der Waals surface area contributed by atoms with E-state index in [1.54, 1.807) is 6.20 Å². The molecular formula is C18H27N5O. The van der Waals surface area contributed by atoms with Crippen molar-refractivity contribution in [3.05, 3.63) is 18.0 Å². The van der Waals surface area contributed by atoms with Crippen LogP contribution in [0.4, 0.5) is 0 Å². The van der Waals surface area contributed by atoms with Gasteiger partial charge in [-0.3, -0.25) is 14.8 Å². The van der Waals surface area contributed by atoms with Crippen molar-refractivity contribution in [1.82, 2.24) is 20.4 Å². The molecule has 0 unspecified atom stereocenters. The molecule has 0 bridgehead atoms. The van der Waals surface area contributed by atoms with Gasteiger partial charge in [0.2, 0.25) is 5.91 Å². The van der Waals surface area contributed by atoms with Crippen molar-refractivity contribution in [2.75, 3.05) is 13.1 Å². The van der Waals surface area contributed by atoms with Crippen LogP contribution in [0.2, 0.25) is 0 Å². The van der Waals surface area contributed by atoms with E-state index in [1.165, 1.54) is 0 Å². The molecule has 1 aromatic heterocycles. The average molecular weight is 329 g/mol. The Morgan fingerprint density at radius 3 is 2.92 bits per heavy atom. The van der Waals surface area contributed by atoms with Crippen LogP contribution in [-0.4, -0.2) is 45.7 Å². The Kier molecular flexibility index (Phi) is 5.20. The van der Waals surface area contributed by atoms with E-state index in [4.69, 9.17) is 0 Å². The topological polar surface area (TPSA) is 84.8 Å². The predicted octanol–water partition coefficient (Wildman–Crippen LogP) is 2.32. The van der Waals surface area contributed by atoms with Gasteiger partial charge in [0.15, 0.2) is 0 Å². The number of aromatic amines is 1. The minimum Gasteiger partial charge on any atom is -0.336 e. The molecule has 2 heterocycles. The molecule has 1 aliphatic carbocycles. The molecule has 1 amide bonds.